The third kappa shape index (κ3) is 2.69. The highest BCUT2D eigenvalue weighted by Gasteiger charge is 2.44. The molecule has 19 heavy (non-hydrogen) atoms. The number of hydrogen-bond acceptors (Lipinski definition) is 4. The lowest BCUT2D eigenvalue weighted by Crippen LogP contribution is -2.30. The number of aromatic nitrogens is 2. The van der Waals surface area contributed by atoms with Crippen LogP contribution in [0.4, 0.5) is 0 Å². The van der Waals surface area contributed by atoms with Crippen molar-refractivity contribution in [2.24, 2.45) is 5.41 Å². The van der Waals surface area contributed by atoms with E-state index in [1.165, 1.54) is 10.7 Å². The first-order chi connectivity index (χ1) is 9.12. The topological polar surface area (TPSA) is 78.9 Å². The van der Waals surface area contributed by atoms with E-state index in [-0.39, 0.29) is 17.5 Å². The Balaban J connectivity index is 1.70. The highest BCUT2D eigenvalue weighted by molar-refractivity contribution is 5.13. The van der Waals surface area contributed by atoms with Crippen molar-refractivity contribution in [3.63, 3.8) is 0 Å². The number of rotatable bonds is 5. The highest BCUT2D eigenvalue weighted by atomic mass is 16.3. The van der Waals surface area contributed by atoms with Gasteiger partial charge in [-0.1, -0.05) is 0 Å². The second-order valence-electron chi connectivity index (χ2n) is 5.80. The summed E-state index contributed by atoms with van der Waals surface area (Å²) in [5.41, 5.74) is 0.399. The van der Waals surface area contributed by atoms with Crippen LogP contribution in [0.2, 0.25) is 0 Å². The maximum absolute atomic E-state index is 11.7. The molecule has 1 atom stereocenters. The van der Waals surface area contributed by atoms with Gasteiger partial charge >= 0.3 is 0 Å². The van der Waals surface area contributed by atoms with E-state index in [1.54, 1.807) is 6.07 Å². The minimum absolute atomic E-state index is 0.183. The number of aliphatic hydroxyl groups excluding tert-OH is 1. The van der Waals surface area contributed by atoms with Crippen molar-refractivity contribution in [3.8, 4) is 6.07 Å². The number of nitrogens with zero attached hydrogens (tertiary/aromatic N) is 3. The van der Waals surface area contributed by atoms with Crippen LogP contribution in [0.25, 0.3) is 0 Å². The Kier molecular flexibility index (Phi) is 2.90. The van der Waals surface area contributed by atoms with Gasteiger partial charge in [-0.3, -0.25) is 4.79 Å². The molecule has 1 unspecified atom stereocenters. The quantitative estimate of drug-likeness (QED) is 0.861. The van der Waals surface area contributed by atoms with Crippen LogP contribution < -0.4 is 5.56 Å². The number of nitriles is 1. The van der Waals surface area contributed by atoms with Gasteiger partial charge in [-0.05, 0) is 38.2 Å². The van der Waals surface area contributed by atoms with Crippen LogP contribution in [0.3, 0.4) is 0 Å². The van der Waals surface area contributed by atoms with Gasteiger partial charge in [0.25, 0.3) is 5.56 Å². The summed E-state index contributed by atoms with van der Waals surface area (Å²) in [6.45, 7) is 0.183. The SMILES string of the molecule is N#CC1(CC(O)Cn2nc(C3CC3)ccc2=O)CC1. The zero-order valence-corrected chi connectivity index (χ0v) is 10.7. The molecule has 0 aliphatic heterocycles. The fraction of sp³-hybridized carbons (Fsp3) is 0.643. The van der Waals surface area contributed by atoms with Crippen LogP contribution in [0.5, 0.6) is 0 Å². The molecule has 5 heteroatoms. The van der Waals surface area contributed by atoms with Gasteiger partial charge in [0.15, 0.2) is 0 Å². The molecule has 100 valence electrons. The molecule has 2 aliphatic carbocycles. The predicted octanol–water partition coefficient (Wildman–Crippen LogP) is 1.18. The van der Waals surface area contributed by atoms with Crippen molar-refractivity contribution in [1.82, 2.24) is 9.78 Å². The molecule has 1 heterocycles. The molecule has 0 amide bonds. The molecule has 2 fully saturated rings. The van der Waals surface area contributed by atoms with Crippen LogP contribution in [0.1, 0.15) is 43.7 Å². The van der Waals surface area contributed by atoms with E-state index in [0.29, 0.717) is 12.3 Å². The second-order valence-corrected chi connectivity index (χ2v) is 5.80. The van der Waals surface area contributed by atoms with E-state index in [4.69, 9.17) is 5.26 Å². The molecule has 0 radical (unpaired) electrons. The van der Waals surface area contributed by atoms with Crippen molar-refractivity contribution < 1.29 is 5.11 Å². The van der Waals surface area contributed by atoms with Gasteiger partial charge in [-0.15, -0.1) is 0 Å². The van der Waals surface area contributed by atoms with Crippen molar-refractivity contribution in [1.29, 1.82) is 5.26 Å². The van der Waals surface area contributed by atoms with Gasteiger partial charge in [-0.25, -0.2) is 4.68 Å². The first-order valence-corrected chi connectivity index (χ1v) is 6.79. The maximum atomic E-state index is 11.7. The summed E-state index contributed by atoms with van der Waals surface area (Å²) in [5, 5.41) is 23.3. The minimum Gasteiger partial charge on any atom is -0.391 e. The van der Waals surface area contributed by atoms with E-state index in [2.05, 4.69) is 11.2 Å². The lowest BCUT2D eigenvalue weighted by atomic mass is 10.0. The summed E-state index contributed by atoms with van der Waals surface area (Å²) in [5.74, 6) is 0.484. The van der Waals surface area contributed by atoms with Gasteiger partial charge in [0.05, 0.1) is 29.8 Å². The van der Waals surface area contributed by atoms with Crippen molar-refractivity contribution >= 4 is 0 Å². The number of hydrogen-bond donors (Lipinski definition) is 1. The third-order valence-electron chi connectivity index (χ3n) is 3.98. The molecule has 3 rings (SSSR count). The fourth-order valence-electron chi connectivity index (χ4n) is 2.42. The summed E-state index contributed by atoms with van der Waals surface area (Å²) < 4.78 is 1.34. The first kappa shape index (κ1) is 12.4. The summed E-state index contributed by atoms with van der Waals surface area (Å²) in [6.07, 6.45) is 3.72. The molecular weight excluding hydrogens is 242 g/mol. The molecule has 1 aromatic heterocycles. The zero-order valence-electron chi connectivity index (χ0n) is 10.7. The van der Waals surface area contributed by atoms with Gasteiger partial charge < -0.3 is 5.11 Å². The molecule has 0 aromatic carbocycles. The average Bonchev–Trinajstić information content (AvgIpc) is 3.25. The minimum atomic E-state index is -0.679. The molecule has 0 spiro atoms. The van der Waals surface area contributed by atoms with E-state index >= 15 is 0 Å². The van der Waals surface area contributed by atoms with Crippen molar-refractivity contribution in [3.05, 3.63) is 28.2 Å². The Morgan fingerprint density at radius 3 is 2.84 bits per heavy atom. The predicted molar refractivity (Wildman–Crippen MR) is 68.4 cm³/mol. The molecule has 2 aliphatic rings. The van der Waals surface area contributed by atoms with Crippen LogP contribution in [-0.2, 0) is 6.54 Å². The fourth-order valence-corrected chi connectivity index (χ4v) is 2.42. The molecule has 1 aromatic rings. The van der Waals surface area contributed by atoms with Crippen LogP contribution in [0, 0.1) is 16.7 Å². The van der Waals surface area contributed by atoms with Crippen molar-refractivity contribution in [2.75, 3.05) is 0 Å². The Morgan fingerprint density at radius 2 is 2.26 bits per heavy atom. The lowest BCUT2D eigenvalue weighted by Gasteiger charge is -2.14. The monoisotopic (exact) mass is 259 g/mol. The number of aliphatic hydroxyl groups is 1. The Labute approximate surface area is 111 Å². The Bertz CT molecular complexity index is 579. The van der Waals surface area contributed by atoms with Gasteiger partial charge in [0, 0.05) is 12.0 Å². The zero-order chi connectivity index (χ0) is 13.5. The molecule has 1 N–H and O–H groups in total. The third-order valence-corrected chi connectivity index (χ3v) is 3.98. The smallest absolute Gasteiger partial charge is 0.266 e. The van der Waals surface area contributed by atoms with E-state index in [0.717, 1.165) is 31.4 Å². The summed E-state index contributed by atoms with van der Waals surface area (Å²) in [7, 11) is 0. The molecule has 0 saturated heterocycles. The largest absolute Gasteiger partial charge is 0.391 e. The summed E-state index contributed by atoms with van der Waals surface area (Å²) >= 11 is 0. The summed E-state index contributed by atoms with van der Waals surface area (Å²) in [6, 6.07) is 5.55. The van der Waals surface area contributed by atoms with Crippen LogP contribution in [0.15, 0.2) is 16.9 Å². The van der Waals surface area contributed by atoms with Gasteiger partial charge in [-0.2, -0.15) is 10.4 Å². The molecule has 2 saturated carbocycles. The Hall–Kier alpha value is -1.67. The standard InChI is InChI=1S/C14H17N3O2/c15-9-14(5-6-14)7-11(18)8-17-13(19)4-3-12(16-17)10-1-2-10/h3-4,10-11,18H,1-2,5-8H2. The van der Waals surface area contributed by atoms with Crippen LogP contribution in [-0.4, -0.2) is 21.0 Å². The van der Waals surface area contributed by atoms with E-state index < -0.39 is 6.10 Å². The lowest BCUT2D eigenvalue weighted by molar-refractivity contribution is 0.122. The average molecular weight is 259 g/mol. The Morgan fingerprint density at radius 1 is 1.53 bits per heavy atom. The maximum Gasteiger partial charge on any atom is 0.266 e. The second kappa shape index (κ2) is 4.46. The van der Waals surface area contributed by atoms with Crippen LogP contribution >= 0.6 is 0 Å². The molecule has 0 bridgehead atoms. The summed E-state index contributed by atoms with van der Waals surface area (Å²) in [4.78, 5) is 11.7. The van der Waals surface area contributed by atoms with Gasteiger partial charge in [0.2, 0.25) is 0 Å². The molecular formula is C14H17N3O2. The highest BCUT2D eigenvalue weighted by Crippen LogP contribution is 2.48. The normalized spacial score (nSPS) is 21.7. The van der Waals surface area contributed by atoms with Gasteiger partial charge in [0.1, 0.15) is 0 Å². The molecule has 5 nitrogen and oxygen atoms in total. The van der Waals surface area contributed by atoms with Crippen molar-refractivity contribution in [2.45, 2.75) is 50.7 Å². The van der Waals surface area contributed by atoms with E-state index in [1.807, 2.05) is 0 Å². The first-order valence-electron chi connectivity index (χ1n) is 6.79. The van der Waals surface area contributed by atoms with E-state index in [9.17, 15) is 9.90 Å².